The maximum absolute atomic E-state index is 12.4. The number of aromatic carboxylic acids is 1. The van der Waals surface area contributed by atoms with Crippen molar-refractivity contribution in [2.24, 2.45) is 5.92 Å². The second kappa shape index (κ2) is 7.18. The quantitative estimate of drug-likeness (QED) is 0.865. The van der Waals surface area contributed by atoms with E-state index < -0.39 is 5.97 Å². The summed E-state index contributed by atoms with van der Waals surface area (Å²) in [4.78, 5) is 27.7. The molecule has 2 heterocycles. The van der Waals surface area contributed by atoms with Gasteiger partial charge in [-0.05, 0) is 62.5 Å². The molecule has 0 saturated carbocycles. The number of fused-ring (bicyclic) bond motifs is 1. The molecule has 5 nitrogen and oxygen atoms in total. The van der Waals surface area contributed by atoms with Crippen LogP contribution in [0, 0.1) is 5.92 Å². The van der Waals surface area contributed by atoms with Gasteiger partial charge in [-0.2, -0.15) is 0 Å². The summed E-state index contributed by atoms with van der Waals surface area (Å²) in [6.45, 7) is 2.82. The van der Waals surface area contributed by atoms with Gasteiger partial charge in [0.15, 0.2) is 0 Å². The number of nitrogens with zero attached hydrogens (tertiary/aromatic N) is 2. The average molecular weight is 328 g/mol. The van der Waals surface area contributed by atoms with Gasteiger partial charge in [0.1, 0.15) is 0 Å². The van der Waals surface area contributed by atoms with E-state index in [1.54, 1.807) is 36.4 Å². The van der Waals surface area contributed by atoms with Crippen LogP contribution in [0.15, 0.2) is 30.3 Å². The lowest BCUT2D eigenvalue weighted by molar-refractivity contribution is -0.129. The lowest BCUT2D eigenvalue weighted by atomic mass is 9.84. The summed E-state index contributed by atoms with van der Waals surface area (Å²) in [5.74, 6) is -0.310. The number of benzene rings is 1. The third-order valence-corrected chi connectivity index (χ3v) is 5.23. The highest BCUT2D eigenvalue weighted by Gasteiger charge is 2.35. The van der Waals surface area contributed by atoms with Crippen LogP contribution in [0.4, 0.5) is 0 Å². The van der Waals surface area contributed by atoms with Crippen molar-refractivity contribution >= 4 is 18.0 Å². The van der Waals surface area contributed by atoms with Crippen molar-refractivity contribution in [2.45, 2.75) is 25.3 Å². The monoisotopic (exact) mass is 328 g/mol. The molecule has 0 aliphatic carbocycles. The normalized spacial score (nSPS) is 24.8. The summed E-state index contributed by atoms with van der Waals surface area (Å²) in [7, 11) is 2.19. The van der Waals surface area contributed by atoms with E-state index >= 15 is 0 Å². The molecule has 128 valence electrons. The van der Waals surface area contributed by atoms with E-state index in [0.717, 1.165) is 25.1 Å². The molecular weight excluding hydrogens is 304 g/mol. The highest BCUT2D eigenvalue weighted by Crippen LogP contribution is 2.29. The number of amides is 1. The number of hydrogen-bond acceptors (Lipinski definition) is 3. The summed E-state index contributed by atoms with van der Waals surface area (Å²) in [6.07, 6.45) is 6.83. The zero-order valence-electron chi connectivity index (χ0n) is 14.0. The average Bonchev–Trinajstić information content (AvgIpc) is 2.60. The van der Waals surface area contributed by atoms with Gasteiger partial charge < -0.3 is 14.9 Å². The topological polar surface area (TPSA) is 60.9 Å². The molecule has 5 heteroatoms. The number of hydrogen-bond donors (Lipinski definition) is 1. The van der Waals surface area contributed by atoms with E-state index in [0.29, 0.717) is 12.0 Å². The lowest BCUT2D eigenvalue weighted by Crippen LogP contribution is -2.53. The van der Waals surface area contributed by atoms with Gasteiger partial charge in [0.2, 0.25) is 5.91 Å². The zero-order chi connectivity index (χ0) is 17.1. The summed E-state index contributed by atoms with van der Waals surface area (Å²) in [5, 5.41) is 8.90. The summed E-state index contributed by atoms with van der Waals surface area (Å²) in [6, 6.07) is 7.16. The van der Waals surface area contributed by atoms with Crippen molar-refractivity contribution in [3.63, 3.8) is 0 Å². The Morgan fingerprint density at radius 1 is 1.17 bits per heavy atom. The standard InChI is InChI=1S/C19H24N2O3/c1-20-11-2-3-16-13-21(12-10-17(16)20)18(22)9-6-14-4-7-15(8-5-14)19(23)24/h4-9,16-17H,2-3,10-13H2,1H3,(H,23,24). The number of carboxylic acid groups (broad SMARTS) is 1. The van der Waals surface area contributed by atoms with Crippen LogP contribution >= 0.6 is 0 Å². The Bertz CT molecular complexity index is 639. The Hall–Kier alpha value is -2.14. The highest BCUT2D eigenvalue weighted by molar-refractivity contribution is 5.92. The number of carbonyl (C=O) groups excluding carboxylic acids is 1. The van der Waals surface area contributed by atoms with Crippen LogP contribution in [0.25, 0.3) is 6.08 Å². The minimum absolute atomic E-state index is 0.0454. The van der Waals surface area contributed by atoms with Crippen molar-refractivity contribution in [3.8, 4) is 0 Å². The number of likely N-dealkylation sites (tertiary alicyclic amines) is 2. The number of carboxylic acids is 1. The predicted molar refractivity (Wildman–Crippen MR) is 92.8 cm³/mol. The predicted octanol–water partition coefficient (Wildman–Crippen LogP) is 2.34. The molecular formula is C19H24N2O3. The number of rotatable bonds is 3. The van der Waals surface area contributed by atoms with Crippen LogP contribution in [0.1, 0.15) is 35.2 Å². The van der Waals surface area contributed by atoms with Gasteiger partial charge in [-0.15, -0.1) is 0 Å². The molecule has 2 fully saturated rings. The van der Waals surface area contributed by atoms with Crippen LogP contribution in [-0.4, -0.2) is 59.5 Å². The smallest absolute Gasteiger partial charge is 0.335 e. The third-order valence-electron chi connectivity index (χ3n) is 5.23. The van der Waals surface area contributed by atoms with Crippen LogP contribution in [0.5, 0.6) is 0 Å². The Balaban J connectivity index is 1.59. The molecule has 1 aromatic carbocycles. The summed E-state index contributed by atoms with van der Waals surface area (Å²) in [5.41, 5.74) is 1.09. The van der Waals surface area contributed by atoms with Crippen LogP contribution in [-0.2, 0) is 4.79 Å². The number of piperidine rings is 2. The van der Waals surface area contributed by atoms with Gasteiger partial charge in [0.25, 0.3) is 0 Å². The van der Waals surface area contributed by atoms with E-state index in [9.17, 15) is 9.59 Å². The van der Waals surface area contributed by atoms with Crippen LogP contribution in [0.3, 0.4) is 0 Å². The van der Waals surface area contributed by atoms with Crippen molar-refractivity contribution in [1.82, 2.24) is 9.80 Å². The fourth-order valence-electron chi connectivity index (χ4n) is 3.86. The maximum Gasteiger partial charge on any atom is 0.335 e. The Morgan fingerprint density at radius 2 is 1.92 bits per heavy atom. The van der Waals surface area contributed by atoms with Crippen LogP contribution in [0.2, 0.25) is 0 Å². The van der Waals surface area contributed by atoms with Crippen molar-refractivity contribution in [1.29, 1.82) is 0 Å². The first-order valence-corrected chi connectivity index (χ1v) is 8.55. The Kier molecular flexibility index (Phi) is 5.00. The molecule has 2 aliphatic heterocycles. The number of carbonyl (C=O) groups is 2. The second-order valence-electron chi connectivity index (χ2n) is 6.78. The molecule has 1 N–H and O–H groups in total. The fraction of sp³-hybridized carbons (Fsp3) is 0.474. The molecule has 24 heavy (non-hydrogen) atoms. The second-order valence-corrected chi connectivity index (χ2v) is 6.78. The fourth-order valence-corrected chi connectivity index (χ4v) is 3.86. The first-order chi connectivity index (χ1) is 11.5. The van der Waals surface area contributed by atoms with Gasteiger partial charge >= 0.3 is 5.97 Å². The summed E-state index contributed by atoms with van der Waals surface area (Å²) >= 11 is 0. The van der Waals surface area contributed by atoms with E-state index in [-0.39, 0.29) is 11.5 Å². The molecule has 0 bridgehead atoms. The first kappa shape index (κ1) is 16.7. The van der Waals surface area contributed by atoms with E-state index in [1.165, 1.54) is 19.4 Å². The molecule has 2 saturated heterocycles. The van der Waals surface area contributed by atoms with Crippen LogP contribution < -0.4 is 0 Å². The maximum atomic E-state index is 12.4. The van der Waals surface area contributed by atoms with Gasteiger partial charge in [0, 0.05) is 25.2 Å². The highest BCUT2D eigenvalue weighted by atomic mass is 16.4. The zero-order valence-corrected chi connectivity index (χ0v) is 14.0. The summed E-state index contributed by atoms with van der Waals surface area (Å²) < 4.78 is 0. The van der Waals surface area contributed by atoms with Crippen molar-refractivity contribution in [3.05, 3.63) is 41.5 Å². The largest absolute Gasteiger partial charge is 0.478 e. The minimum Gasteiger partial charge on any atom is -0.478 e. The molecule has 0 radical (unpaired) electrons. The molecule has 1 amide bonds. The van der Waals surface area contributed by atoms with Crippen molar-refractivity contribution < 1.29 is 14.7 Å². The molecule has 2 aliphatic rings. The minimum atomic E-state index is -0.943. The molecule has 1 aromatic rings. The molecule has 2 atom stereocenters. The molecule has 2 unspecified atom stereocenters. The van der Waals surface area contributed by atoms with Crippen molar-refractivity contribution in [2.75, 3.05) is 26.7 Å². The molecule has 3 rings (SSSR count). The Morgan fingerprint density at radius 3 is 2.62 bits per heavy atom. The Labute approximate surface area is 142 Å². The van der Waals surface area contributed by atoms with E-state index in [2.05, 4.69) is 11.9 Å². The first-order valence-electron chi connectivity index (χ1n) is 8.55. The SMILES string of the molecule is CN1CCCC2CN(C(=O)C=Cc3ccc(C(=O)O)cc3)CCC21. The molecule has 0 aromatic heterocycles. The van der Waals surface area contributed by atoms with E-state index in [4.69, 9.17) is 5.11 Å². The third kappa shape index (κ3) is 3.67. The lowest BCUT2D eigenvalue weighted by Gasteiger charge is -2.45. The van der Waals surface area contributed by atoms with Gasteiger partial charge in [0.05, 0.1) is 5.56 Å². The van der Waals surface area contributed by atoms with Gasteiger partial charge in [-0.25, -0.2) is 4.79 Å². The van der Waals surface area contributed by atoms with Gasteiger partial charge in [-0.3, -0.25) is 4.79 Å². The molecule has 0 spiro atoms. The van der Waals surface area contributed by atoms with Gasteiger partial charge in [-0.1, -0.05) is 12.1 Å². The van der Waals surface area contributed by atoms with E-state index in [1.807, 2.05) is 4.90 Å².